The molecule has 1 fully saturated rings. The molecule has 0 aliphatic carbocycles. The van der Waals surface area contributed by atoms with E-state index in [1.165, 1.54) is 21.7 Å². The molecule has 158 valence electrons. The highest BCUT2D eigenvalue weighted by atomic mass is 32.2. The van der Waals surface area contributed by atoms with Crippen molar-refractivity contribution in [2.45, 2.75) is 24.7 Å². The number of nitrogens with one attached hydrogen (secondary N) is 1. The summed E-state index contributed by atoms with van der Waals surface area (Å²) in [5, 5.41) is 4.95. The van der Waals surface area contributed by atoms with Gasteiger partial charge in [0.1, 0.15) is 16.3 Å². The Bertz CT molecular complexity index is 1130. The van der Waals surface area contributed by atoms with Gasteiger partial charge in [-0.15, -0.1) is 11.3 Å². The van der Waals surface area contributed by atoms with Crippen LogP contribution in [0.4, 0.5) is 5.69 Å². The standard InChI is InChI=1S/C20H21N3O5S2/c1-2-27-16-8-7-14(12-18(16)30(25,26)23-9-3-4-10-23)21-19(24)15-13-29-20(22-15)17-6-5-11-28-17/h5-8,11-13H,2-4,9-10H2,1H3,(H,21,24). The fourth-order valence-electron chi connectivity index (χ4n) is 3.22. The Morgan fingerprint density at radius 1 is 1.30 bits per heavy atom. The van der Waals surface area contributed by atoms with Crippen LogP contribution in [0.15, 0.2) is 51.3 Å². The number of anilines is 1. The van der Waals surface area contributed by atoms with Gasteiger partial charge in [-0.05, 0) is 50.1 Å². The summed E-state index contributed by atoms with van der Waals surface area (Å²) in [5.74, 6) is 0.424. The number of aromatic nitrogens is 1. The average Bonchev–Trinajstić information content (AvgIpc) is 3.51. The number of rotatable bonds is 7. The highest BCUT2D eigenvalue weighted by Crippen LogP contribution is 2.32. The quantitative estimate of drug-likeness (QED) is 0.590. The topological polar surface area (TPSA) is 102 Å². The number of thiazole rings is 1. The number of nitrogens with zero attached hydrogens (tertiary/aromatic N) is 2. The molecule has 10 heteroatoms. The van der Waals surface area contributed by atoms with Crippen molar-refractivity contribution in [3.05, 3.63) is 47.7 Å². The lowest BCUT2D eigenvalue weighted by molar-refractivity contribution is 0.102. The minimum Gasteiger partial charge on any atom is -0.492 e. The van der Waals surface area contributed by atoms with Crippen molar-refractivity contribution in [1.82, 2.24) is 9.29 Å². The Morgan fingerprint density at radius 2 is 2.10 bits per heavy atom. The van der Waals surface area contributed by atoms with Crippen LogP contribution in [0.3, 0.4) is 0 Å². The van der Waals surface area contributed by atoms with Gasteiger partial charge in [0.15, 0.2) is 10.8 Å². The first-order valence-electron chi connectivity index (χ1n) is 9.57. The molecule has 0 radical (unpaired) electrons. The summed E-state index contributed by atoms with van der Waals surface area (Å²) in [6, 6.07) is 8.14. The summed E-state index contributed by atoms with van der Waals surface area (Å²) in [6.45, 7) is 3.10. The molecule has 1 N–H and O–H groups in total. The number of sulfonamides is 1. The van der Waals surface area contributed by atoms with Crippen molar-refractivity contribution < 1.29 is 22.4 Å². The largest absolute Gasteiger partial charge is 0.492 e. The van der Waals surface area contributed by atoms with E-state index >= 15 is 0 Å². The molecule has 0 unspecified atom stereocenters. The van der Waals surface area contributed by atoms with Crippen LogP contribution < -0.4 is 10.1 Å². The Morgan fingerprint density at radius 3 is 2.80 bits per heavy atom. The Balaban J connectivity index is 1.59. The predicted octanol–water partition coefficient (Wildman–Crippen LogP) is 3.84. The van der Waals surface area contributed by atoms with Crippen LogP contribution >= 0.6 is 11.3 Å². The molecular weight excluding hydrogens is 426 g/mol. The van der Waals surface area contributed by atoms with Crippen molar-refractivity contribution in [3.63, 3.8) is 0 Å². The molecule has 0 saturated carbocycles. The van der Waals surface area contributed by atoms with Crippen molar-refractivity contribution in [1.29, 1.82) is 0 Å². The molecule has 30 heavy (non-hydrogen) atoms. The normalized spacial score (nSPS) is 14.7. The maximum atomic E-state index is 13.1. The van der Waals surface area contributed by atoms with Crippen LogP contribution in [0.25, 0.3) is 10.8 Å². The second-order valence-corrected chi connectivity index (χ2v) is 9.44. The van der Waals surface area contributed by atoms with Crippen molar-refractivity contribution in [2.75, 3.05) is 25.0 Å². The van der Waals surface area contributed by atoms with E-state index < -0.39 is 15.9 Å². The average molecular weight is 448 g/mol. The van der Waals surface area contributed by atoms with E-state index in [-0.39, 0.29) is 16.3 Å². The monoisotopic (exact) mass is 447 g/mol. The van der Waals surface area contributed by atoms with Crippen LogP contribution in [-0.4, -0.2) is 43.3 Å². The molecule has 1 aromatic carbocycles. The van der Waals surface area contributed by atoms with Gasteiger partial charge in [0.05, 0.1) is 12.9 Å². The molecule has 3 aromatic rings. The highest BCUT2D eigenvalue weighted by Gasteiger charge is 2.30. The first-order valence-corrected chi connectivity index (χ1v) is 11.9. The summed E-state index contributed by atoms with van der Waals surface area (Å²) in [5.41, 5.74) is 0.581. The Hall–Kier alpha value is -2.69. The van der Waals surface area contributed by atoms with E-state index in [9.17, 15) is 13.2 Å². The Kier molecular flexibility index (Phi) is 5.89. The molecule has 1 saturated heterocycles. The summed E-state index contributed by atoms with van der Waals surface area (Å²) in [7, 11) is -3.71. The summed E-state index contributed by atoms with van der Waals surface area (Å²) in [6.07, 6.45) is 3.21. The van der Waals surface area contributed by atoms with E-state index in [1.54, 1.807) is 42.8 Å². The predicted molar refractivity (Wildman–Crippen MR) is 113 cm³/mol. The lowest BCUT2D eigenvalue weighted by Crippen LogP contribution is -2.28. The molecule has 1 aliphatic rings. The van der Waals surface area contributed by atoms with Crippen molar-refractivity contribution in [3.8, 4) is 16.5 Å². The minimum absolute atomic E-state index is 0.0543. The van der Waals surface area contributed by atoms with E-state index in [1.807, 2.05) is 0 Å². The van der Waals surface area contributed by atoms with Gasteiger partial charge in [0.2, 0.25) is 10.0 Å². The van der Waals surface area contributed by atoms with Crippen LogP contribution in [-0.2, 0) is 10.0 Å². The van der Waals surface area contributed by atoms with Gasteiger partial charge in [0, 0.05) is 24.2 Å². The third kappa shape index (κ3) is 4.11. The fraction of sp³-hybridized carbons (Fsp3) is 0.300. The zero-order chi connectivity index (χ0) is 21.1. The number of amides is 1. The van der Waals surface area contributed by atoms with Gasteiger partial charge in [-0.1, -0.05) is 0 Å². The number of hydrogen-bond acceptors (Lipinski definition) is 7. The van der Waals surface area contributed by atoms with Crippen LogP contribution in [0.2, 0.25) is 0 Å². The first kappa shape index (κ1) is 20.6. The second kappa shape index (κ2) is 8.58. The molecule has 0 spiro atoms. The van der Waals surface area contributed by atoms with Gasteiger partial charge in [-0.25, -0.2) is 13.4 Å². The van der Waals surface area contributed by atoms with Gasteiger partial charge >= 0.3 is 0 Å². The van der Waals surface area contributed by atoms with Crippen LogP contribution in [0.1, 0.15) is 30.3 Å². The van der Waals surface area contributed by atoms with Gasteiger partial charge in [-0.2, -0.15) is 4.31 Å². The van der Waals surface area contributed by atoms with E-state index in [0.717, 1.165) is 12.8 Å². The van der Waals surface area contributed by atoms with Crippen LogP contribution in [0.5, 0.6) is 5.75 Å². The SMILES string of the molecule is CCOc1ccc(NC(=O)c2csc(-c3ccco3)n2)cc1S(=O)(=O)N1CCCC1. The van der Waals surface area contributed by atoms with E-state index in [0.29, 0.717) is 36.2 Å². The molecule has 8 nitrogen and oxygen atoms in total. The lowest BCUT2D eigenvalue weighted by atomic mass is 10.3. The molecule has 4 rings (SSSR count). The number of benzene rings is 1. The molecule has 1 aliphatic heterocycles. The summed E-state index contributed by atoms with van der Waals surface area (Å²) >= 11 is 1.29. The maximum absolute atomic E-state index is 13.1. The number of carbonyl (C=O) groups is 1. The highest BCUT2D eigenvalue weighted by molar-refractivity contribution is 7.89. The van der Waals surface area contributed by atoms with E-state index in [4.69, 9.17) is 9.15 Å². The molecule has 1 amide bonds. The number of ether oxygens (including phenoxy) is 1. The number of hydrogen-bond donors (Lipinski definition) is 1. The molecule has 0 atom stereocenters. The molecular formula is C20H21N3O5S2. The van der Waals surface area contributed by atoms with Crippen LogP contribution in [0, 0.1) is 0 Å². The molecule has 0 bridgehead atoms. The lowest BCUT2D eigenvalue weighted by Gasteiger charge is -2.19. The number of carbonyl (C=O) groups excluding carboxylic acids is 1. The first-order chi connectivity index (χ1) is 14.5. The van der Waals surface area contributed by atoms with E-state index in [2.05, 4.69) is 10.3 Å². The molecule has 3 heterocycles. The third-order valence-corrected chi connectivity index (χ3v) is 7.43. The Labute approximate surface area is 178 Å². The third-order valence-electron chi connectivity index (χ3n) is 4.65. The summed E-state index contributed by atoms with van der Waals surface area (Å²) < 4.78 is 38.5. The van der Waals surface area contributed by atoms with Crippen molar-refractivity contribution in [2.24, 2.45) is 0 Å². The fourth-order valence-corrected chi connectivity index (χ4v) is 5.66. The second-order valence-electron chi connectivity index (χ2n) is 6.68. The van der Waals surface area contributed by atoms with Crippen molar-refractivity contribution >= 4 is 33.0 Å². The van der Waals surface area contributed by atoms with Gasteiger partial charge in [0.25, 0.3) is 5.91 Å². The number of furan rings is 1. The summed E-state index contributed by atoms with van der Waals surface area (Å²) in [4.78, 5) is 17.0. The maximum Gasteiger partial charge on any atom is 0.275 e. The molecule has 2 aromatic heterocycles. The minimum atomic E-state index is -3.71. The zero-order valence-corrected chi connectivity index (χ0v) is 18.0. The zero-order valence-electron chi connectivity index (χ0n) is 16.3. The van der Waals surface area contributed by atoms with Gasteiger partial charge < -0.3 is 14.5 Å². The smallest absolute Gasteiger partial charge is 0.275 e. The van der Waals surface area contributed by atoms with Gasteiger partial charge in [-0.3, -0.25) is 4.79 Å².